The molecule has 2 aromatic rings. The first kappa shape index (κ1) is 21.2. The minimum Gasteiger partial charge on any atom is -0.0914 e. The lowest BCUT2D eigenvalue weighted by Gasteiger charge is -2.27. The van der Waals surface area contributed by atoms with Crippen molar-refractivity contribution in [3.8, 4) is 11.1 Å². The molecule has 0 radical (unpaired) electrons. The normalized spacial score (nSPS) is 27.7. The molecule has 0 atom stereocenters. The molecule has 158 valence electrons. The molecule has 0 amide bonds. The Morgan fingerprint density at radius 2 is 0.833 bits per heavy atom. The highest BCUT2D eigenvalue weighted by Gasteiger charge is 2.22. The standard InChI is InChI=1S/C30H38/c1-3-5-23-7-11-25(12-8-23)27-15-19-29(20-16-27)30-21-17-28(18-22-30)26-13-9-24(6-4-2)10-14-26/h3-6,15-26H,7-14H2,1-2H3/b5-3+,6-4+. The maximum atomic E-state index is 2.40. The maximum Gasteiger partial charge on any atom is -0.0162 e. The SMILES string of the molecule is C/C=C/C1CCC(c2ccc(-c3ccc(C4CCC(/C=C/C)CC4)cc3)cc2)CC1. The molecular weight excluding hydrogens is 360 g/mol. The van der Waals surface area contributed by atoms with Gasteiger partial charge in [-0.3, -0.25) is 0 Å². The van der Waals surface area contributed by atoms with E-state index in [-0.39, 0.29) is 0 Å². The van der Waals surface area contributed by atoms with Gasteiger partial charge in [0, 0.05) is 0 Å². The third kappa shape index (κ3) is 5.15. The molecule has 2 fully saturated rings. The van der Waals surface area contributed by atoms with Crippen LogP contribution in [0.3, 0.4) is 0 Å². The Labute approximate surface area is 184 Å². The van der Waals surface area contributed by atoms with E-state index in [1.807, 2.05) is 0 Å². The summed E-state index contributed by atoms with van der Waals surface area (Å²) in [4.78, 5) is 0. The average Bonchev–Trinajstić information content (AvgIpc) is 2.81. The molecule has 0 spiro atoms. The molecule has 0 aliphatic heterocycles. The van der Waals surface area contributed by atoms with Crippen LogP contribution in [0.4, 0.5) is 0 Å². The van der Waals surface area contributed by atoms with Crippen LogP contribution in [0, 0.1) is 11.8 Å². The topological polar surface area (TPSA) is 0 Å². The van der Waals surface area contributed by atoms with Crippen LogP contribution in [0.1, 0.15) is 88.2 Å². The minimum atomic E-state index is 0.751. The van der Waals surface area contributed by atoms with Crippen LogP contribution in [0.5, 0.6) is 0 Å². The Hall–Kier alpha value is -2.08. The third-order valence-corrected chi connectivity index (χ3v) is 7.57. The molecule has 0 unspecified atom stereocenters. The second kappa shape index (κ2) is 10.3. The van der Waals surface area contributed by atoms with Gasteiger partial charge in [0.15, 0.2) is 0 Å². The van der Waals surface area contributed by atoms with Gasteiger partial charge in [0.25, 0.3) is 0 Å². The number of benzene rings is 2. The highest BCUT2D eigenvalue weighted by atomic mass is 14.3. The summed E-state index contributed by atoms with van der Waals surface area (Å²) < 4.78 is 0. The monoisotopic (exact) mass is 398 g/mol. The summed E-state index contributed by atoms with van der Waals surface area (Å²) in [5.74, 6) is 3.12. The summed E-state index contributed by atoms with van der Waals surface area (Å²) in [6, 6.07) is 18.9. The van der Waals surface area contributed by atoms with Crippen molar-refractivity contribution in [1.82, 2.24) is 0 Å². The van der Waals surface area contributed by atoms with Crippen LogP contribution in [0.2, 0.25) is 0 Å². The second-order valence-corrected chi connectivity index (χ2v) is 9.52. The van der Waals surface area contributed by atoms with E-state index in [2.05, 4.69) is 86.7 Å². The van der Waals surface area contributed by atoms with Crippen molar-refractivity contribution in [2.24, 2.45) is 11.8 Å². The fourth-order valence-electron chi connectivity index (χ4n) is 5.73. The van der Waals surface area contributed by atoms with Crippen LogP contribution in [-0.2, 0) is 0 Å². The number of allylic oxidation sites excluding steroid dienone is 4. The van der Waals surface area contributed by atoms with Crippen LogP contribution in [0.15, 0.2) is 72.8 Å². The van der Waals surface area contributed by atoms with Gasteiger partial charge in [-0.25, -0.2) is 0 Å². The second-order valence-electron chi connectivity index (χ2n) is 9.52. The lowest BCUT2D eigenvalue weighted by Crippen LogP contribution is -2.11. The predicted octanol–water partition coefficient (Wildman–Crippen LogP) is 9.05. The fraction of sp³-hybridized carbons (Fsp3) is 0.467. The molecule has 30 heavy (non-hydrogen) atoms. The van der Waals surface area contributed by atoms with Gasteiger partial charge in [0.05, 0.1) is 0 Å². The maximum absolute atomic E-state index is 2.40. The quantitative estimate of drug-likeness (QED) is 0.441. The van der Waals surface area contributed by atoms with Crippen molar-refractivity contribution < 1.29 is 0 Å². The number of hydrogen-bond acceptors (Lipinski definition) is 0. The van der Waals surface area contributed by atoms with Crippen molar-refractivity contribution in [2.75, 3.05) is 0 Å². The molecule has 0 aromatic heterocycles. The van der Waals surface area contributed by atoms with Crippen LogP contribution < -0.4 is 0 Å². The zero-order valence-corrected chi connectivity index (χ0v) is 18.9. The molecule has 0 saturated heterocycles. The minimum absolute atomic E-state index is 0.751. The molecule has 0 N–H and O–H groups in total. The third-order valence-electron chi connectivity index (χ3n) is 7.57. The first-order valence-electron chi connectivity index (χ1n) is 12.2. The number of hydrogen-bond donors (Lipinski definition) is 0. The van der Waals surface area contributed by atoms with E-state index in [1.54, 1.807) is 0 Å². The molecule has 2 aliphatic rings. The van der Waals surface area contributed by atoms with Gasteiger partial charge in [0.1, 0.15) is 0 Å². The number of rotatable bonds is 5. The summed E-state index contributed by atoms with van der Waals surface area (Å²) in [5.41, 5.74) is 5.77. The Kier molecular flexibility index (Phi) is 7.26. The van der Waals surface area contributed by atoms with Crippen molar-refractivity contribution in [1.29, 1.82) is 0 Å². The smallest absolute Gasteiger partial charge is 0.0162 e. The molecule has 4 rings (SSSR count). The summed E-state index contributed by atoms with van der Waals surface area (Å²) in [7, 11) is 0. The van der Waals surface area contributed by atoms with E-state index in [0.717, 1.165) is 23.7 Å². The Bertz CT molecular complexity index is 747. The van der Waals surface area contributed by atoms with Crippen molar-refractivity contribution in [2.45, 2.75) is 77.0 Å². The van der Waals surface area contributed by atoms with Crippen molar-refractivity contribution >= 4 is 0 Å². The molecule has 0 heteroatoms. The molecular formula is C30H38. The largest absolute Gasteiger partial charge is 0.0914 e. The molecule has 0 heterocycles. The van der Waals surface area contributed by atoms with E-state index in [0.29, 0.717) is 0 Å². The Morgan fingerprint density at radius 1 is 0.500 bits per heavy atom. The highest BCUT2D eigenvalue weighted by Crippen LogP contribution is 2.38. The van der Waals surface area contributed by atoms with E-state index < -0.39 is 0 Å². The van der Waals surface area contributed by atoms with Crippen LogP contribution >= 0.6 is 0 Å². The summed E-state index contributed by atoms with van der Waals surface area (Å²) in [6.45, 7) is 4.29. The lowest BCUT2D eigenvalue weighted by molar-refractivity contribution is 0.375. The summed E-state index contributed by atoms with van der Waals surface area (Å²) in [6.07, 6.45) is 19.9. The van der Waals surface area contributed by atoms with E-state index in [4.69, 9.17) is 0 Å². The predicted molar refractivity (Wildman–Crippen MR) is 131 cm³/mol. The molecule has 0 nitrogen and oxygen atoms in total. The van der Waals surface area contributed by atoms with Gasteiger partial charge in [-0.15, -0.1) is 0 Å². The first-order valence-corrected chi connectivity index (χ1v) is 12.2. The van der Waals surface area contributed by atoms with E-state index in [9.17, 15) is 0 Å². The van der Waals surface area contributed by atoms with E-state index >= 15 is 0 Å². The summed E-state index contributed by atoms with van der Waals surface area (Å²) >= 11 is 0. The van der Waals surface area contributed by atoms with Crippen molar-refractivity contribution in [3.63, 3.8) is 0 Å². The first-order chi connectivity index (χ1) is 14.8. The zero-order chi connectivity index (χ0) is 20.8. The average molecular weight is 399 g/mol. The van der Waals surface area contributed by atoms with E-state index in [1.165, 1.54) is 73.6 Å². The van der Waals surface area contributed by atoms with Gasteiger partial charge >= 0.3 is 0 Å². The summed E-state index contributed by atoms with van der Waals surface area (Å²) in [5, 5.41) is 0. The Morgan fingerprint density at radius 3 is 1.13 bits per heavy atom. The van der Waals surface area contributed by atoms with Crippen LogP contribution in [-0.4, -0.2) is 0 Å². The van der Waals surface area contributed by atoms with Gasteiger partial charge in [-0.2, -0.15) is 0 Å². The molecule has 2 aromatic carbocycles. The van der Waals surface area contributed by atoms with Gasteiger partial charge < -0.3 is 0 Å². The zero-order valence-electron chi connectivity index (χ0n) is 18.9. The molecule has 2 saturated carbocycles. The van der Waals surface area contributed by atoms with Gasteiger partial charge in [-0.1, -0.05) is 72.8 Å². The molecule has 0 bridgehead atoms. The highest BCUT2D eigenvalue weighted by molar-refractivity contribution is 5.64. The van der Waals surface area contributed by atoms with Crippen molar-refractivity contribution in [3.05, 3.63) is 84.0 Å². The van der Waals surface area contributed by atoms with Crippen LogP contribution in [0.25, 0.3) is 11.1 Å². The van der Waals surface area contributed by atoms with Gasteiger partial charge in [0.2, 0.25) is 0 Å². The fourth-order valence-corrected chi connectivity index (χ4v) is 5.73. The van der Waals surface area contributed by atoms with Gasteiger partial charge in [-0.05, 0) is 111 Å². The molecule has 2 aliphatic carbocycles. The Balaban J connectivity index is 1.36. The lowest BCUT2D eigenvalue weighted by atomic mass is 9.78.